The first-order chi connectivity index (χ1) is 12.0. The number of ether oxygens (including phenoxy) is 1. The van der Waals surface area contributed by atoms with Gasteiger partial charge in [-0.2, -0.15) is 0 Å². The van der Waals surface area contributed by atoms with Crippen molar-refractivity contribution in [3.05, 3.63) is 42.5 Å². The average Bonchev–Trinajstić information content (AvgIpc) is 2.91. The summed E-state index contributed by atoms with van der Waals surface area (Å²) in [5.74, 6) is -0.334. The average molecular weight is 340 g/mol. The second-order valence-corrected chi connectivity index (χ2v) is 5.98. The van der Waals surface area contributed by atoms with Crippen LogP contribution in [0.3, 0.4) is 0 Å². The minimum absolute atomic E-state index is 0.133. The van der Waals surface area contributed by atoms with Crippen LogP contribution in [-0.2, 0) is 9.53 Å². The van der Waals surface area contributed by atoms with Gasteiger partial charge in [0.1, 0.15) is 11.2 Å². The van der Waals surface area contributed by atoms with Crippen LogP contribution in [0.25, 0.3) is 21.9 Å². The SMILES string of the molecule is CC(C)OC(=O)CCNC(=O)Nc1ccc2c(c1)oc1ccccc12. The quantitative estimate of drug-likeness (QED) is 0.687. The minimum atomic E-state index is -0.382. The van der Waals surface area contributed by atoms with Gasteiger partial charge in [0.25, 0.3) is 0 Å². The second-order valence-electron chi connectivity index (χ2n) is 5.98. The number of hydrogen-bond donors (Lipinski definition) is 2. The predicted octanol–water partition coefficient (Wildman–Crippen LogP) is 4.05. The van der Waals surface area contributed by atoms with Crippen molar-refractivity contribution in [2.75, 3.05) is 11.9 Å². The predicted molar refractivity (Wildman–Crippen MR) is 96.6 cm³/mol. The lowest BCUT2D eigenvalue weighted by Gasteiger charge is -2.09. The number of hydrogen-bond acceptors (Lipinski definition) is 4. The fourth-order valence-electron chi connectivity index (χ4n) is 2.58. The molecule has 0 radical (unpaired) electrons. The van der Waals surface area contributed by atoms with Crippen molar-refractivity contribution in [1.82, 2.24) is 5.32 Å². The van der Waals surface area contributed by atoms with E-state index in [1.165, 1.54) is 0 Å². The number of rotatable bonds is 5. The van der Waals surface area contributed by atoms with Crippen molar-refractivity contribution in [3.63, 3.8) is 0 Å². The van der Waals surface area contributed by atoms with Crippen LogP contribution in [0.4, 0.5) is 10.5 Å². The number of amides is 2. The topological polar surface area (TPSA) is 80.6 Å². The third kappa shape index (κ3) is 4.09. The van der Waals surface area contributed by atoms with Gasteiger partial charge in [-0.1, -0.05) is 18.2 Å². The van der Waals surface area contributed by atoms with Gasteiger partial charge in [0.05, 0.1) is 12.5 Å². The largest absolute Gasteiger partial charge is 0.463 e. The molecule has 0 saturated carbocycles. The van der Waals surface area contributed by atoms with Gasteiger partial charge in [-0.3, -0.25) is 4.79 Å². The molecule has 0 aliphatic rings. The monoisotopic (exact) mass is 340 g/mol. The van der Waals surface area contributed by atoms with Crippen LogP contribution in [0.15, 0.2) is 46.9 Å². The second kappa shape index (κ2) is 7.25. The molecule has 0 bridgehead atoms. The molecule has 6 heteroatoms. The molecule has 0 saturated heterocycles. The Morgan fingerprint density at radius 3 is 2.64 bits per heavy atom. The molecule has 25 heavy (non-hydrogen) atoms. The number of fused-ring (bicyclic) bond motifs is 3. The molecule has 3 rings (SSSR count). The van der Waals surface area contributed by atoms with Gasteiger partial charge < -0.3 is 19.8 Å². The first kappa shape index (κ1) is 16.8. The summed E-state index contributed by atoms with van der Waals surface area (Å²) in [5.41, 5.74) is 2.14. The molecule has 130 valence electrons. The highest BCUT2D eigenvalue weighted by Crippen LogP contribution is 2.30. The third-order valence-corrected chi connectivity index (χ3v) is 3.62. The van der Waals surface area contributed by atoms with E-state index in [1.807, 2.05) is 36.4 Å². The van der Waals surface area contributed by atoms with E-state index in [4.69, 9.17) is 9.15 Å². The summed E-state index contributed by atoms with van der Waals surface area (Å²) >= 11 is 0. The van der Waals surface area contributed by atoms with Crippen molar-refractivity contribution in [1.29, 1.82) is 0 Å². The lowest BCUT2D eigenvalue weighted by molar-refractivity contribution is -0.147. The molecule has 0 aliphatic heterocycles. The van der Waals surface area contributed by atoms with Crippen molar-refractivity contribution < 1.29 is 18.7 Å². The lowest BCUT2D eigenvalue weighted by Crippen LogP contribution is -2.31. The highest BCUT2D eigenvalue weighted by Gasteiger charge is 2.09. The van der Waals surface area contributed by atoms with E-state index in [2.05, 4.69) is 10.6 Å². The molecule has 2 aromatic carbocycles. The summed E-state index contributed by atoms with van der Waals surface area (Å²) in [6, 6.07) is 12.9. The minimum Gasteiger partial charge on any atom is -0.463 e. The van der Waals surface area contributed by atoms with Crippen LogP contribution in [0.5, 0.6) is 0 Å². The van der Waals surface area contributed by atoms with Gasteiger partial charge >= 0.3 is 12.0 Å². The summed E-state index contributed by atoms with van der Waals surface area (Å²) in [7, 11) is 0. The van der Waals surface area contributed by atoms with Gasteiger partial charge in [-0.25, -0.2) is 4.79 Å². The Labute approximate surface area is 145 Å². The maximum Gasteiger partial charge on any atom is 0.319 e. The number of carbonyl (C=O) groups is 2. The van der Waals surface area contributed by atoms with E-state index in [-0.39, 0.29) is 31.1 Å². The van der Waals surface area contributed by atoms with E-state index in [0.29, 0.717) is 11.3 Å². The normalized spacial score (nSPS) is 11.0. The molecule has 6 nitrogen and oxygen atoms in total. The lowest BCUT2D eigenvalue weighted by atomic mass is 10.1. The zero-order valence-corrected chi connectivity index (χ0v) is 14.2. The molecule has 0 spiro atoms. The van der Waals surface area contributed by atoms with Crippen molar-refractivity contribution in [2.24, 2.45) is 0 Å². The summed E-state index contributed by atoms with van der Waals surface area (Å²) in [6.45, 7) is 3.78. The Hall–Kier alpha value is -3.02. The summed E-state index contributed by atoms with van der Waals surface area (Å²) in [5, 5.41) is 7.40. The Balaban J connectivity index is 1.60. The third-order valence-electron chi connectivity index (χ3n) is 3.62. The Morgan fingerprint density at radius 1 is 1.08 bits per heavy atom. The van der Waals surface area contributed by atoms with Crippen LogP contribution in [-0.4, -0.2) is 24.6 Å². The smallest absolute Gasteiger partial charge is 0.319 e. The van der Waals surface area contributed by atoms with Gasteiger partial charge in [-0.05, 0) is 32.0 Å². The molecule has 1 aromatic heterocycles. The molecule has 2 N–H and O–H groups in total. The van der Waals surface area contributed by atoms with Crippen molar-refractivity contribution in [3.8, 4) is 0 Å². The number of carbonyl (C=O) groups excluding carboxylic acids is 2. The maximum absolute atomic E-state index is 11.9. The van der Waals surface area contributed by atoms with Gasteiger partial charge in [0, 0.05) is 29.1 Å². The molecular formula is C19H20N2O4. The highest BCUT2D eigenvalue weighted by molar-refractivity contribution is 6.06. The molecule has 0 atom stereocenters. The van der Waals surface area contributed by atoms with E-state index in [0.717, 1.165) is 16.4 Å². The number of nitrogens with one attached hydrogen (secondary N) is 2. The van der Waals surface area contributed by atoms with E-state index < -0.39 is 0 Å². The number of furan rings is 1. The van der Waals surface area contributed by atoms with Crippen LogP contribution in [0.1, 0.15) is 20.3 Å². The summed E-state index contributed by atoms with van der Waals surface area (Å²) < 4.78 is 10.8. The van der Waals surface area contributed by atoms with Crippen LogP contribution < -0.4 is 10.6 Å². The molecule has 2 amide bonds. The summed E-state index contributed by atoms with van der Waals surface area (Å²) in [4.78, 5) is 23.3. The number of anilines is 1. The maximum atomic E-state index is 11.9. The molecule has 0 aliphatic carbocycles. The summed E-state index contributed by atoms with van der Waals surface area (Å²) in [6.07, 6.45) is -0.0225. The number of para-hydroxylation sites is 1. The van der Waals surface area contributed by atoms with Crippen LogP contribution in [0, 0.1) is 0 Å². The van der Waals surface area contributed by atoms with Crippen molar-refractivity contribution >= 4 is 39.6 Å². The number of urea groups is 1. The molecular weight excluding hydrogens is 320 g/mol. The van der Waals surface area contributed by atoms with Crippen LogP contribution >= 0.6 is 0 Å². The Morgan fingerprint density at radius 2 is 1.84 bits per heavy atom. The van der Waals surface area contributed by atoms with Crippen LogP contribution in [0.2, 0.25) is 0 Å². The van der Waals surface area contributed by atoms with Gasteiger partial charge in [0.2, 0.25) is 0 Å². The number of esters is 1. The Bertz CT molecular complexity index is 914. The van der Waals surface area contributed by atoms with Gasteiger partial charge in [-0.15, -0.1) is 0 Å². The van der Waals surface area contributed by atoms with E-state index >= 15 is 0 Å². The van der Waals surface area contributed by atoms with E-state index in [9.17, 15) is 9.59 Å². The Kier molecular flexibility index (Phi) is 4.88. The fourth-order valence-corrected chi connectivity index (χ4v) is 2.58. The van der Waals surface area contributed by atoms with Crippen molar-refractivity contribution in [2.45, 2.75) is 26.4 Å². The highest BCUT2D eigenvalue weighted by atomic mass is 16.5. The molecule has 0 fully saturated rings. The molecule has 1 heterocycles. The molecule has 0 unspecified atom stereocenters. The van der Waals surface area contributed by atoms with Gasteiger partial charge in [0.15, 0.2) is 0 Å². The number of benzene rings is 2. The van der Waals surface area contributed by atoms with E-state index in [1.54, 1.807) is 19.9 Å². The molecule has 3 aromatic rings. The first-order valence-corrected chi connectivity index (χ1v) is 8.18. The standard InChI is InChI=1S/C19H20N2O4/c1-12(2)24-18(22)9-10-20-19(23)21-13-7-8-15-14-5-3-4-6-16(14)25-17(15)11-13/h3-8,11-12H,9-10H2,1-2H3,(H2,20,21,23). The zero-order chi connectivity index (χ0) is 17.8. The first-order valence-electron chi connectivity index (χ1n) is 8.18. The zero-order valence-electron chi connectivity index (χ0n) is 14.2. The fraction of sp³-hybridized carbons (Fsp3) is 0.263.